The van der Waals surface area contributed by atoms with Gasteiger partial charge >= 0.3 is 12.0 Å². The molecular weight excluding hydrogens is 258 g/mol. The van der Waals surface area contributed by atoms with E-state index in [1.807, 2.05) is 14.1 Å². The lowest BCUT2D eigenvalue weighted by atomic mass is 9.93. The summed E-state index contributed by atoms with van der Waals surface area (Å²) in [5.41, 5.74) is 0.000115. The normalized spacial score (nSPS) is 22.9. The molecule has 0 saturated heterocycles. The first-order valence-electron chi connectivity index (χ1n) is 7.11. The Hall–Kier alpha value is -1.30. The fraction of sp³-hybridized carbons (Fsp3) is 0.857. The van der Waals surface area contributed by atoms with Gasteiger partial charge in [0.15, 0.2) is 0 Å². The van der Waals surface area contributed by atoms with Gasteiger partial charge < -0.3 is 20.6 Å². The van der Waals surface area contributed by atoms with Crippen LogP contribution < -0.4 is 10.6 Å². The molecule has 1 saturated carbocycles. The molecule has 1 aliphatic carbocycles. The molecule has 6 heteroatoms. The lowest BCUT2D eigenvalue weighted by Crippen LogP contribution is -2.46. The van der Waals surface area contributed by atoms with E-state index < -0.39 is 5.97 Å². The van der Waals surface area contributed by atoms with Crippen molar-refractivity contribution in [1.82, 2.24) is 15.5 Å². The summed E-state index contributed by atoms with van der Waals surface area (Å²) in [6, 6.07) is -0.221. The van der Waals surface area contributed by atoms with Crippen LogP contribution in [0.25, 0.3) is 0 Å². The molecule has 0 aromatic carbocycles. The fourth-order valence-corrected chi connectivity index (χ4v) is 2.80. The molecule has 0 heterocycles. The number of hydrogen-bond donors (Lipinski definition) is 3. The molecule has 0 aromatic rings. The van der Waals surface area contributed by atoms with Crippen LogP contribution in [-0.2, 0) is 4.79 Å². The Kier molecular flexibility index (Phi) is 5.80. The average molecular weight is 285 g/mol. The zero-order chi connectivity index (χ0) is 15.3. The van der Waals surface area contributed by atoms with Crippen LogP contribution in [0.2, 0.25) is 0 Å². The monoisotopic (exact) mass is 285 g/mol. The molecule has 0 bridgehead atoms. The molecule has 20 heavy (non-hydrogen) atoms. The molecule has 0 aromatic heterocycles. The third kappa shape index (κ3) is 5.77. The van der Waals surface area contributed by atoms with Crippen molar-refractivity contribution in [2.75, 3.05) is 27.2 Å². The third-order valence-electron chi connectivity index (χ3n) is 3.59. The van der Waals surface area contributed by atoms with Gasteiger partial charge in [-0.1, -0.05) is 13.8 Å². The number of nitrogens with one attached hydrogen (secondary N) is 2. The topological polar surface area (TPSA) is 81.7 Å². The number of carbonyl (C=O) groups excluding carboxylic acids is 1. The molecule has 0 radical (unpaired) electrons. The Morgan fingerprint density at radius 3 is 2.45 bits per heavy atom. The highest BCUT2D eigenvalue weighted by Gasteiger charge is 2.30. The zero-order valence-electron chi connectivity index (χ0n) is 12.9. The Balaban J connectivity index is 2.29. The van der Waals surface area contributed by atoms with Gasteiger partial charge in [0.2, 0.25) is 0 Å². The molecular formula is C14H27N3O3. The van der Waals surface area contributed by atoms with E-state index in [0.29, 0.717) is 19.4 Å². The number of rotatable bonds is 6. The summed E-state index contributed by atoms with van der Waals surface area (Å²) in [6.45, 7) is 5.68. The number of aliphatic carboxylic acids is 1. The van der Waals surface area contributed by atoms with Crippen LogP contribution in [0.3, 0.4) is 0 Å². The molecule has 0 aliphatic heterocycles. The van der Waals surface area contributed by atoms with Gasteiger partial charge in [-0.05, 0) is 38.8 Å². The van der Waals surface area contributed by atoms with Crippen LogP contribution in [0.4, 0.5) is 4.79 Å². The second-order valence-corrected chi connectivity index (χ2v) is 6.77. The van der Waals surface area contributed by atoms with Gasteiger partial charge in [-0.3, -0.25) is 4.79 Å². The van der Waals surface area contributed by atoms with Crippen LogP contribution in [0.15, 0.2) is 0 Å². The minimum atomic E-state index is -0.762. The lowest BCUT2D eigenvalue weighted by molar-refractivity contribution is -0.141. The van der Waals surface area contributed by atoms with Crippen molar-refractivity contribution >= 4 is 12.0 Å². The quantitative estimate of drug-likeness (QED) is 0.683. The van der Waals surface area contributed by atoms with Crippen molar-refractivity contribution in [2.45, 2.75) is 39.2 Å². The number of amides is 2. The van der Waals surface area contributed by atoms with E-state index in [2.05, 4.69) is 29.4 Å². The Bertz CT molecular complexity index is 356. The maximum Gasteiger partial charge on any atom is 0.315 e. The minimum Gasteiger partial charge on any atom is -0.481 e. The largest absolute Gasteiger partial charge is 0.481 e. The standard InChI is InChI=1S/C14H27N3O3/c1-14(2,9-17(3)4)8-15-13(20)16-11-6-5-10(7-11)12(18)19/h10-11H,5-9H2,1-4H3,(H,18,19)(H2,15,16,20)/t10-,11+/m1/s1. The van der Waals surface area contributed by atoms with Gasteiger partial charge in [-0.15, -0.1) is 0 Å². The Morgan fingerprint density at radius 2 is 1.95 bits per heavy atom. The van der Waals surface area contributed by atoms with Crippen LogP contribution in [0.1, 0.15) is 33.1 Å². The van der Waals surface area contributed by atoms with E-state index in [0.717, 1.165) is 13.0 Å². The van der Waals surface area contributed by atoms with E-state index >= 15 is 0 Å². The van der Waals surface area contributed by atoms with Gasteiger partial charge in [0.1, 0.15) is 0 Å². The van der Waals surface area contributed by atoms with E-state index in [1.54, 1.807) is 0 Å². The van der Waals surface area contributed by atoms with Gasteiger partial charge in [0.05, 0.1) is 5.92 Å². The first kappa shape index (κ1) is 16.8. The van der Waals surface area contributed by atoms with Crippen LogP contribution in [0, 0.1) is 11.3 Å². The molecule has 2 amide bonds. The number of carbonyl (C=O) groups is 2. The van der Waals surface area contributed by atoms with Crippen molar-refractivity contribution in [2.24, 2.45) is 11.3 Å². The summed E-state index contributed by atoms with van der Waals surface area (Å²) >= 11 is 0. The van der Waals surface area contributed by atoms with Gasteiger partial charge in [-0.25, -0.2) is 4.79 Å². The van der Waals surface area contributed by atoms with Crippen LogP contribution in [-0.4, -0.2) is 55.2 Å². The first-order chi connectivity index (χ1) is 9.19. The van der Waals surface area contributed by atoms with Crippen molar-refractivity contribution < 1.29 is 14.7 Å². The molecule has 6 nitrogen and oxygen atoms in total. The third-order valence-corrected chi connectivity index (χ3v) is 3.59. The van der Waals surface area contributed by atoms with E-state index in [-0.39, 0.29) is 23.4 Å². The summed E-state index contributed by atoms with van der Waals surface area (Å²) in [4.78, 5) is 24.8. The lowest BCUT2D eigenvalue weighted by Gasteiger charge is -2.28. The SMILES string of the molecule is CN(C)CC(C)(C)CNC(=O)N[C@H]1CC[C@@H](C(=O)O)C1. The Morgan fingerprint density at radius 1 is 1.30 bits per heavy atom. The van der Waals surface area contributed by atoms with E-state index in [9.17, 15) is 9.59 Å². The molecule has 0 unspecified atom stereocenters. The number of nitrogens with zero attached hydrogens (tertiary/aromatic N) is 1. The van der Waals surface area contributed by atoms with Crippen molar-refractivity contribution in [1.29, 1.82) is 0 Å². The fourth-order valence-electron chi connectivity index (χ4n) is 2.80. The molecule has 1 aliphatic rings. The molecule has 116 valence electrons. The number of carboxylic acids is 1. The summed E-state index contributed by atoms with van der Waals surface area (Å²) in [5, 5.41) is 14.7. The molecule has 1 fully saturated rings. The average Bonchev–Trinajstić information content (AvgIpc) is 2.73. The highest BCUT2D eigenvalue weighted by molar-refractivity contribution is 5.75. The first-order valence-corrected chi connectivity index (χ1v) is 7.11. The number of hydrogen-bond acceptors (Lipinski definition) is 3. The summed E-state index contributed by atoms with van der Waals surface area (Å²) in [7, 11) is 4.01. The second kappa shape index (κ2) is 6.92. The van der Waals surface area contributed by atoms with Gasteiger partial charge in [0.25, 0.3) is 0 Å². The molecule has 3 N–H and O–H groups in total. The highest BCUT2D eigenvalue weighted by Crippen LogP contribution is 2.25. The van der Waals surface area contributed by atoms with Crippen LogP contribution >= 0.6 is 0 Å². The predicted molar refractivity (Wildman–Crippen MR) is 77.6 cm³/mol. The summed E-state index contributed by atoms with van der Waals surface area (Å²) in [6.07, 6.45) is 1.92. The summed E-state index contributed by atoms with van der Waals surface area (Å²) < 4.78 is 0. The minimum absolute atomic E-state index is 0.000115. The van der Waals surface area contributed by atoms with Crippen LogP contribution in [0.5, 0.6) is 0 Å². The number of urea groups is 1. The highest BCUT2D eigenvalue weighted by atomic mass is 16.4. The van der Waals surface area contributed by atoms with Gasteiger partial charge in [0, 0.05) is 19.1 Å². The molecule has 1 rings (SSSR count). The maximum absolute atomic E-state index is 11.8. The molecule has 2 atom stereocenters. The zero-order valence-corrected chi connectivity index (χ0v) is 12.9. The van der Waals surface area contributed by atoms with Crippen molar-refractivity contribution in [3.8, 4) is 0 Å². The van der Waals surface area contributed by atoms with E-state index in [4.69, 9.17) is 5.11 Å². The smallest absolute Gasteiger partial charge is 0.315 e. The van der Waals surface area contributed by atoms with Gasteiger partial charge in [-0.2, -0.15) is 0 Å². The Labute approximate surface area is 120 Å². The van der Waals surface area contributed by atoms with Crippen molar-refractivity contribution in [3.05, 3.63) is 0 Å². The van der Waals surface area contributed by atoms with Crippen molar-refractivity contribution in [3.63, 3.8) is 0 Å². The number of carboxylic acid groups (broad SMARTS) is 1. The van der Waals surface area contributed by atoms with E-state index in [1.165, 1.54) is 0 Å². The maximum atomic E-state index is 11.8. The summed E-state index contributed by atoms with van der Waals surface area (Å²) in [5.74, 6) is -1.08. The second-order valence-electron chi connectivity index (χ2n) is 6.77. The molecule has 0 spiro atoms. The predicted octanol–water partition coefficient (Wildman–Crippen LogP) is 1.13.